The smallest absolute Gasteiger partial charge is 0.106 e. The lowest BCUT2D eigenvalue weighted by Gasteiger charge is -2.47. The zero-order valence-electron chi connectivity index (χ0n) is 18.7. The normalized spacial score (nSPS) is 31.8. The van der Waals surface area contributed by atoms with Crippen molar-refractivity contribution in [1.82, 2.24) is 0 Å². The van der Waals surface area contributed by atoms with Gasteiger partial charge in [-0.2, -0.15) is 0 Å². The quantitative estimate of drug-likeness (QED) is 0.162. The van der Waals surface area contributed by atoms with Crippen LogP contribution in [0, 0.1) is 17.3 Å². The SMILES string of the molecule is [3H]PO[C@@H]1C[C@@H](F)[C@H](C/C=C\CCCC)[C@H]1/C=C/CC(OP)C1(CCC)CCC1. The van der Waals surface area contributed by atoms with Crippen molar-refractivity contribution in [3.63, 3.8) is 0 Å². The minimum Gasteiger partial charge on any atom is -0.362 e. The standard InChI is InChI=1S/C23H41FO2P2/c1-3-5-6-7-8-11-18-19(21(25-27)17-20(18)24)12-9-13-22(26-28)23(14-4-2)15-10-16-23/h7-9,12,18-22H,3-6,10-11,13-17,27-28H2,1-2H3/b8-7-,12-9+/t18-,19-,20-,21-,22?/m1/s1/i27T/t18-,19-,20-,21-,22?,27?. The molecule has 0 aliphatic heterocycles. The first-order valence-corrected chi connectivity index (χ1v) is 12.1. The first kappa shape index (κ1) is 22.9. The fourth-order valence-electron chi connectivity index (χ4n) is 5.13. The lowest BCUT2D eigenvalue weighted by atomic mass is 9.62. The van der Waals surface area contributed by atoms with Gasteiger partial charge >= 0.3 is 0 Å². The molecule has 3 unspecified atom stereocenters. The topological polar surface area (TPSA) is 18.5 Å². The molecule has 0 heterocycles. The van der Waals surface area contributed by atoms with Crippen LogP contribution in [0.4, 0.5) is 4.39 Å². The van der Waals surface area contributed by atoms with Crippen LogP contribution in [0.25, 0.3) is 0 Å². The molecular formula is C23H41FO2P2. The van der Waals surface area contributed by atoms with Gasteiger partial charge in [0.25, 0.3) is 0 Å². The summed E-state index contributed by atoms with van der Waals surface area (Å²) in [4.78, 5) is 0. The Hall–Kier alpha value is 0.190. The Labute approximate surface area is 178 Å². The van der Waals surface area contributed by atoms with E-state index in [2.05, 4.69) is 47.6 Å². The number of alkyl halides is 1. The van der Waals surface area contributed by atoms with Gasteiger partial charge in [-0.3, -0.25) is 0 Å². The molecule has 0 saturated heterocycles. The average Bonchev–Trinajstić information content (AvgIpc) is 2.97. The summed E-state index contributed by atoms with van der Waals surface area (Å²) in [6.45, 7) is 4.44. The lowest BCUT2D eigenvalue weighted by Crippen LogP contribution is -2.41. The van der Waals surface area contributed by atoms with Crippen LogP contribution in [0.2, 0.25) is 0 Å². The van der Waals surface area contributed by atoms with E-state index in [-0.39, 0.29) is 33.5 Å². The first-order valence-electron chi connectivity index (χ1n) is 11.8. The summed E-state index contributed by atoms with van der Waals surface area (Å²) in [7, 11) is 2.13. The van der Waals surface area contributed by atoms with Crippen molar-refractivity contribution in [2.75, 3.05) is 0 Å². The molecule has 2 aliphatic rings. The van der Waals surface area contributed by atoms with Crippen molar-refractivity contribution in [1.29, 1.82) is 1.28 Å². The highest BCUT2D eigenvalue weighted by atomic mass is 31.0. The third kappa shape index (κ3) is 6.34. The van der Waals surface area contributed by atoms with Gasteiger partial charge in [0.15, 0.2) is 0 Å². The summed E-state index contributed by atoms with van der Waals surface area (Å²) < 4.78 is 33.7. The second-order valence-electron chi connectivity index (χ2n) is 8.75. The highest BCUT2D eigenvalue weighted by Crippen LogP contribution is 2.50. The fraction of sp³-hybridized carbons (Fsp3) is 0.826. The minimum absolute atomic E-state index is 0.0471. The molecule has 0 N–H and O–H groups in total. The van der Waals surface area contributed by atoms with Gasteiger partial charge in [-0.1, -0.05) is 63.8 Å². The van der Waals surface area contributed by atoms with Crippen molar-refractivity contribution in [2.45, 2.75) is 103 Å². The second kappa shape index (κ2) is 12.8. The van der Waals surface area contributed by atoms with E-state index in [4.69, 9.17) is 10.3 Å². The Kier molecular flexibility index (Phi) is 10.4. The van der Waals surface area contributed by atoms with Gasteiger partial charge in [0, 0.05) is 37.1 Å². The van der Waals surface area contributed by atoms with E-state index in [1.165, 1.54) is 44.9 Å². The summed E-state index contributed by atoms with van der Waals surface area (Å²) in [6.07, 6.45) is 19.6. The largest absolute Gasteiger partial charge is 0.362 e. The van der Waals surface area contributed by atoms with Gasteiger partial charge in [-0.25, -0.2) is 4.39 Å². The maximum absolute atomic E-state index is 14.8. The van der Waals surface area contributed by atoms with Crippen LogP contribution in [0.1, 0.15) is 84.5 Å². The molecule has 162 valence electrons. The van der Waals surface area contributed by atoms with E-state index in [0.29, 0.717) is 11.8 Å². The summed E-state index contributed by atoms with van der Waals surface area (Å²) in [6, 6.07) is 0. The highest BCUT2D eigenvalue weighted by molar-refractivity contribution is 7.10. The van der Waals surface area contributed by atoms with Gasteiger partial charge in [-0.05, 0) is 43.9 Å². The lowest BCUT2D eigenvalue weighted by molar-refractivity contribution is -0.0141. The van der Waals surface area contributed by atoms with Gasteiger partial charge < -0.3 is 9.05 Å². The Morgan fingerprint density at radius 1 is 1.25 bits per heavy atom. The van der Waals surface area contributed by atoms with Crippen LogP contribution >= 0.6 is 18.9 Å². The molecule has 7 atom stereocenters. The highest BCUT2D eigenvalue weighted by Gasteiger charge is 2.44. The van der Waals surface area contributed by atoms with E-state index in [1.807, 2.05) is 0 Å². The number of unbranched alkanes of at least 4 members (excludes halogenated alkanes) is 2. The molecule has 0 bridgehead atoms. The fourth-order valence-corrected chi connectivity index (χ4v) is 5.79. The van der Waals surface area contributed by atoms with Crippen LogP contribution in [-0.4, -0.2) is 19.7 Å². The second-order valence-corrected chi connectivity index (χ2v) is 9.26. The Balaban J connectivity index is 2.00. The molecular weight excluding hydrogens is 389 g/mol. The van der Waals surface area contributed by atoms with Crippen molar-refractivity contribution >= 4 is 18.9 Å². The summed E-state index contributed by atoms with van der Waals surface area (Å²) in [5.41, 5.74) is 0.318. The maximum atomic E-state index is 14.8. The van der Waals surface area contributed by atoms with Gasteiger partial charge in [0.05, 0.1) is 13.5 Å². The number of hydrogen-bond donors (Lipinski definition) is 0. The molecule has 0 aromatic carbocycles. The van der Waals surface area contributed by atoms with Crippen LogP contribution in [-0.2, 0) is 9.05 Å². The van der Waals surface area contributed by atoms with E-state index >= 15 is 0 Å². The molecule has 28 heavy (non-hydrogen) atoms. The van der Waals surface area contributed by atoms with Crippen molar-refractivity contribution in [3.8, 4) is 0 Å². The summed E-state index contributed by atoms with van der Waals surface area (Å²) in [5.74, 6) is 0.00139. The summed E-state index contributed by atoms with van der Waals surface area (Å²) in [5, 5.41) is 0. The van der Waals surface area contributed by atoms with Crippen molar-refractivity contribution < 1.29 is 13.4 Å². The summed E-state index contributed by atoms with van der Waals surface area (Å²) >= 11 is 0. The van der Waals surface area contributed by atoms with E-state index in [1.54, 1.807) is 0 Å². The molecule has 2 aliphatic carbocycles. The predicted molar refractivity (Wildman–Crippen MR) is 124 cm³/mol. The molecule has 0 radical (unpaired) electrons. The van der Waals surface area contributed by atoms with Crippen LogP contribution in [0.3, 0.4) is 0 Å². The zero-order chi connectivity index (χ0) is 21.1. The van der Waals surface area contributed by atoms with E-state index < -0.39 is 6.17 Å². The van der Waals surface area contributed by atoms with Crippen LogP contribution < -0.4 is 0 Å². The molecule has 2 fully saturated rings. The number of hydrogen-bond acceptors (Lipinski definition) is 2. The Morgan fingerprint density at radius 2 is 2.07 bits per heavy atom. The molecule has 5 heteroatoms. The average molecular weight is 433 g/mol. The van der Waals surface area contributed by atoms with Crippen LogP contribution in [0.5, 0.6) is 0 Å². The maximum Gasteiger partial charge on any atom is 0.106 e. The van der Waals surface area contributed by atoms with E-state index in [0.717, 1.165) is 19.3 Å². The van der Waals surface area contributed by atoms with Gasteiger partial charge in [-0.15, -0.1) is 0 Å². The zero-order valence-corrected chi connectivity index (χ0v) is 19.9. The van der Waals surface area contributed by atoms with Crippen molar-refractivity contribution in [2.24, 2.45) is 17.3 Å². The number of allylic oxidation sites excluding steroid dienone is 2. The monoisotopic (exact) mass is 432 g/mol. The third-order valence-electron chi connectivity index (χ3n) is 6.95. The third-order valence-corrected chi connectivity index (χ3v) is 7.58. The molecule has 0 aromatic heterocycles. The first-order chi connectivity index (χ1) is 14.1. The molecule has 2 saturated carbocycles. The van der Waals surface area contributed by atoms with Gasteiger partial charge in [0.1, 0.15) is 6.17 Å². The predicted octanol–water partition coefficient (Wildman–Crippen LogP) is 7.36. The van der Waals surface area contributed by atoms with Gasteiger partial charge in [0.2, 0.25) is 0 Å². The molecule has 2 rings (SSSR count). The minimum atomic E-state index is -0.853. The molecule has 0 amide bonds. The molecule has 0 aromatic rings. The van der Waals surface area contributed by atoms with E-state index in [9.17, 15) is 4.39 Å². The van der Waals surface area contributed by atoms with Crippen LogP contribution in [0.15, 0.2) is 24.3 Å². The number of rotatable bonds is 14. The van der Waals surface area contributed by atoms with Crippen molar-refractivity contribution in [3.05, 3.63) is 24.3 Å². The Morgan fingerprint density at radius 3 is 2.68 bits per heavy atom. The molecule has 2 nitrogen and oxygen atoms in total. The molecule has 0 spiro atoms. The number of halogens is 1. The Bertz CT molecular complexity index is 513.